The maximum atomic E-state index is 8.05. The molecule has 0 N–H and O–H groups in total. The quantitative estimate of drug-likeness (QED) is 0.646. The van der Waals surface area contributed by atoms with Gasteiger partial charge in [-0.05, 0) is 0 Å². The molecule has 1 fully saturated rings. The van der Waals surface area contributed by atoms with Crippen molar-refractivity contribution in [3.63, 3.8) is 0 Å². The molecule has 0 amide bonds. The van der Waals surface area contributed by atoms with E-state index in [0.717, 1.165) is 0 Å². The van der Waals surface area contributed by atoms with Crippen molar-refractivity contribution >= 4 is 11.9 Å². The Kier molecular flexibility index (Phi) is 4.03. The monoisotopic (exact) mass is 379 g/mol. The van der Waals surface area contributed by atoms with Crippen molar-refractivity contribution in [1.82, 2.24) is 0 Å². The minimum atomic E-state index is -0.698. The molecule has 0 aromatic rings. The van der Waals surface area contributed by atoms with Gasteiger partial charge < -0.3 is 0 Å². The molecule has 0 radical (unpaired) electrons. The summed E-state index contributed by atoms with van der Waals surface area (Å²) in [6.07, 6.45) is 6.35. The summed E-state index contributed by atoms with van der Waals surface area (Å²) in [5.41, 5.74) is 0. The van der Waals surface area contributed by atoms with Gasteiger partial charge in [-0.25, -0.2) is 0 Å². The molecule has 0 heterocycles. The number of rotatable bonds is 2. The number of hydrogen-bond acceptors (Lipinski definition) is 0. The van der Waals surface area contributed by atoms with Crippen LogP contribution in [0.3, 0.4) is 0 Å². The zero-order valence-corrected chi connectivity index (χ0v) is 12.9. The van der Waals surface area contributed by atoms with Crippen LogP contribution in [-0.2, 0) is 22.1 Å². The van der Waals surface area contributed by atoms with Gasteiger partial charge in [-0.3, -0.25) is 0 Å². The second kappa shape index (κ2) is 5.12. The van der Waals surface area contributed by atoms with Crippen molar-refractivity contribution in [3.8, 4) is 0 Å². The molecule has 0 atom stereocenters. The summed E-state index contributed by atoms with van der Waals surface area (Å²) in [7, 11) is 0. The van der Waals surface area contributed by atoms with E-state index >= 15 is 0 Å². The van der Waals surface area contributed by atoms with Gasteiger partial charge >= 0.3 is 77.3 Å². The van der Waals surface area contributed by atoms with Crippen LogP contribution in [0.1, 0.15) is 33.5 Å². The van der Waals surface area contributed by atoms with Crippen molar-refractivity contribution in [1.29, 1.82) is 0 Å². The first kappa shape index (κ1) is 7.09. The van der Waals surface area contributed by atoms with E-state index < -0.39 is 22.1 Å². The summed E-state index contributed by atoms with van der Waals surface area (Å²) in [5.74, 6) is 0.0311. The van der Waals surface area contributed by atoms with E-state index in [-0.39, 0.29) is 5.89 Å². The predicted octanol–water partition coefficient (Wildman–Crippen LogP) is 3.38. The van der Waals surface area contributed by atoms with Crippen molar-refractivity contribution in [2.75, 3.05) is 0 Å². The van der Waals surface area contributed by atoms with E-state index in [2.05, 4.69) is 11.9 Å². The van der Waals surface area contributed by atoms with Gasteiger partial charge in [0.2, 0.25) is 0 Å². The topological polar surface area (TPSA) is 0 Å². The average Bonchev–Trinajstić information content (AvgIpc) is 1.89. The van der Waals surface area contributed by atoms with Gasteiger partial charge in [-0.15, -0.1) is 0 Å². The molecule has 2 heteroatoms. The van der Waals surface area contributed by atoms with E-state index in [1.165, 1.54) is 36.0 Å². The summed E-state index contributed by atoms with van der Waals surface area (Å²) < 4.78 is 9.30. The third kappa shape index (κ3) is 3.36. The van der Waals surface area contributed by atoms with Crippen molar-refractivity contribution < 1.29 is 23.5 Å². The third-order valence-corrected chi connectivity index (χ3v) is 8.97. The Bertz CT molecular complexity index is 96.3. The first-order valence-electron chi connectivity index (χ1n) is 4.33. The molecule has 0 aromatic carbocycles. The van der Waals surface area contributed by atoms with Crippen LogP contribution in [0.2, 0.25) is 3.93 Å². The van der Waals surface area contributed by atoms with E-state index in [0.29, 0.717) is 0 Å². The van der Waals surface area contributed by atoms with Gasteiger partial charge in [0.25, 0.3) is 0 Å². The molecule has 0 aliphatic heterocycles. The van der Waals surface area contributed by atoms with Crippen LogP contribution in [-0.4, -0.2) is 0 Å². The van der Waals surface area contributed by atoms with E-state index in [1.54, 1.807) is 0 Å². The van der Waals surface area contributed by atoms with E-state index in [4.69, 9.17) is 1.37 Å². The summed E-state index contributed by atoms with van der Waals surface area (Å²) in [5, 5.41) is 0. The Hall–Kier alpha value is 1.42. The van der Waals surface area contributed by atoms with Crippen LogP contribution in [0.25, 0.3) is 0 Å². The van der Waals surface area contributed by atoms with Gasteiger partial charge in [-0.2, -0.15) is 0 Å². The van der Waals surface area contributed by atoms with E-state index in [1.807, 2.05) is 0 Å². The molecule has 0 aromatic heterocycles. The van der Waals surface area contributed by atoms with Crippen molar-refractivity contribution in [2.24, 2.45) is 5.89 Å². The van der Waals surface area contributed by atoms with Gasteiger partial charge in [0.05, 0.1) is 0 Å². The van der Waals surface area contributed by atoms with Crippen LogP contribution < -0.4 is 0 Å². The first-order chi connectivity index (χ1) is 4.77. The molecule has 0 unspecified atom stereocenters. The molecular weight excluding hydrogens is 365 g/mol. The minimum absolute atomic E-state index is 0.0311. The molecule has 9 heavy (non-hydrogen) atoms. The van der Waals surface area contributed by atoms with Crippen LogP contribution in [0.5, 0.6) is 0 Å². The predicted molar refractivity (Wildman–Crippen MR) is 40.3 cm³/mol. The standard InChI is InChI=1S/C7H13.BrH.Hg/c1-7-5-3-2-4-6-7;;/h7H,1-6H2;1H;/q;;+1/p-1/i7D;;. The summed E-state index contributed by atoms with van der Waals surface area (Å²) in [4.78, 5) is 0. The van der Waals surface area contributed by atoms with Gasteiger partial charge in [-0.1, -0.05) is 0 Å². The molecule has 1 aliphatic carbocycles. The molecule has 1 rings (SSSR count). The fourth-order valence-corrected chi connectivity index (χ4v) is 9.34. The van der Waals surface area contributed by atoms with Crippen molar-refractivity contribution in [2.45, 2.75) is 36.0 Å². The molecule has 0 bridgehead atoms. The molecule has 1 saturated carbocycles. The Balaban J connectivity index is 2.32. The zero-order chi connectivity index (χ0) is 7.45. The Morgan fingerprint density at radius 3 is 2.67 bits per heavy atom. The zero-order valence-electron chi connectivity index (χ0n) is 6.83. The van der Waals surface area contributed by atoms with Crippen LogP contribution in [0, 0.1) is 5.89 Å². The fraction of sp³-hybridized carbons (Fsp3) is 1.00. The van der Waals surface area contributed by atoms with Gasteiger partial charge in [0.15, 0.2) is 0 Å². The summed E-state index contributed by atoms with van der Waals surface area (Å²) >= 11 is 2.92. The Labute approximate surface area is 76.9 Å². The molecule has 0 spiro atoms. The Morgan fingerprint density at radius 2 is 2.11 bits per heavy atom. The van der Waals surface area contributed by atoms with Crippen molar-refractivity contribution in [3.05, 3.63) is 0 Å². The second-order valence-corrected chi connectivity index (χ2v) is 13.1. The molecule has 50 valence electrons. The summed E-state index contributed by atoms with van der Waals surface area (Å²) in [6, 6.07) is 0. The molecular formula is C7H13BrHg. The van der Waals surface area contributed by atoms with Crippen LogP contribution >= 0.6 is 11.9 Å². The first-order valence-corrected chi connectivity index (χ1v) is 19.6. The SMILES string of the molecule is [2H]C1([CH2][Hg][Br])CCCCC1. The normalized spacial score (nSPS) is 26.6. The summed E-state index contributed by atoms with van der Waals surface area (Å²) in [6.45, 7) is 0. The maximum absolute atomic E-state index is 8.05. The number of halogens is 1. The fourth-order valence-electron chi connectivity index (χ4n) is 1.44. The third-order valence-electron chi connectivity index (χ3n) is 2.01. The molecule has 0 nitrogen and oxygen atoms in total. The van der Waals surface area contributed by atoms with Gasteiger partial charge in [0.1, 0.15) is 0 Å². The van der Waals surface area contributed by atoms with Crippen LogP contribution in [0.4, 0.5) is 0 Å². The Morgan fingerprint density at radius 1 is 1.44 bits per heavy atom. The van der Waals surface area contributed by atoms with E-state index in [9.17, 15) is 0 Å². The van der Waals surface area contributed by atoms with Crippen LogP contribution in [0.15, 0.2) is 0 Å². The second-order valence-electron chi connectivity index (χ2n) is 2.75. The average molecular weight is 379 g/mol. The number of hydrogen-bond donors (Lipinski definition) is 0. The molecule has 0 saturated heterocycles. The molecule has 1 aliphatic rings. The van der Waals surface area contributed by atoms with Gasteiger partial charge in [0, 0.05) is 0 Å².